The number of carbonyl (C=O) groups is 3. The molecule has 4 aliphatic rings. The molecule has 4 fully saturated rings. The summed E-state index contributed by atoms with van der Waals surface area (Å²) < 4.78 is 11.7. The van der Waals surface area contributed by atoms with E-state index in [4.69, 9.17) is 9.47 Å². The lowest BCUT2D eigenvalue weighted by Crippen LogP contribution is -2.60. The number of hydrogen-bond donors (Lipinski definition) is 1. The standard InChI is InChI=1S/C24H36N2O6/c1-4-13-25(16-9-7-6-8-10-16)22(29)20-24-12-11-17(32-24)18(23(30)31-5-2)19(24)21(28)26(20)15(3)14-27/h4,15-20,27H,1,5-14H2,2-3H3/t15-,17+,18-,19+,20?,24?/m1/s1. The number of carbonyl (C=O) groups excluding carboxylic acids is 3. The van der Waals surface area contributed by atoms with E-state index in [2.05, 4.69) is 6.58 Å². The summed E-state index contributed by atoms with van der Waals surface area (Å²) in [5.74, 6) is -2.33. The Labute approximate surface area is 189 Å². The maximum absolute atomic E-state index is 14.1. The molecule has 1 N–H and O–H groups in total. The topological polar surface area (TPSA) is 96.4 Å². The van der Waals surface area contributed by atoms with Crippen molar-refractivity contribution in [3.05, 3.63) is 12.7 Å². The zero-order valence-corrected chi connectivity index (χ0v) is 19.2. The molecule has 3 heterocycles. The number of esters is 1. The summed E-state index contributed by atoms with van der Waals surface area (Å²) in [5, 5.41) is 9.93. The highest BCUT2D eigenvalue weighted by Crippen LogP contribution is 2.59. The third-order valence-corrected chi connectivity index (χ3v) is 7.89. The molecule has 0 aromatic heterocycles. The molecule has 1 aliphatic carbocycles. The Morgan fingerprint density at radius 1 is 1.34 bits per heavy atom. The van der Waals surface area contributed by atoms with E-state index < -0.39 is 41.6 Å². The zero-order valence-electron chi connectivity index (χ0n) is 19.2. The fourth-order valence-corrected chi connectivity index (χ4v) is 6.55. The summed E-state index contributed by atoms with van der Waals surface area (Å²) in [5.41, 5.74) is -1.05. The van der Waals surface area contributed by atoms with Crippen molar-refractivity contribution in [3.63, 3.8) is 0 Å². The van der Waals surface area contributed by atoms with Gasteiger partial charge in [-0.25, -0.2) is 0 Å². The Hall–Kier alpha value is -1.93. The van der Waals surface area contributed by atoms with Gasteiger partial charge in [0.15, 0.2) is 0 Å². The first-order valence-electron chi connectivity index (χ1n) is 12.1. The van der Waals surface area contributed by atoms with E-state index in [9.17, 15) is 19.5 Å². The molecule has 2 amide bonds. The van der Waals surface area contributed by atoms with E-state index in [0.29, 0.717) is 19.4 Å². The first-order valence-corrected chi connectivity index (χ1v) is 12.1. The summed E-state index contributed by atoms with van der Waals surface area (Å²) >= 11 is 0. The Kier molecular flexibility index (Phi) is 6.63. The minimum absolute atomic E-state index is 0.102. The van der Waals surface area contributed by atoms with Crippen LogP contribution in [0.3, 0.4) is 0 Å². The Balaban J connectivity index is 1.73. The van der Waals surface area contributed by atoms with Gasteiger partial charge in [0, 0.05) is 12.6 Å². The molecule has 3 aliphatic heterocycles. The normalized spacial score (nSPS) is 35.0. The predicted octanol–water partition coefficient (Wildman–Crippen LogP) is 1.65. The number of rotatable bonds is 8. The van der Waals surface area contributed by atoms with Crippen LogP contribution in [0.4, 0.5) is 0 Å². The zero-order chi connectivity index (χ0) is 23.0. The lowest BCUT2D eigenvalue weighted by atomic mass is 9.70. The average molecular weight is 449 g/mol. The Morgan fingerprint density at radius 2 is 2.06 bits per heavy atom. The van der Waals surface area contributed by atoms with E-state index >= 15 is 0 Å². The van der Waals surface area contributed by atoms with Crippen molar-refractivity contribution in [2.45, 2.75) is 88.6 Å². The molecular weight excluding hydrogens is 412 g/mol. The second-order valence-corrected chi connectivity index (χ2v) is 9.66. The predicted molar refractivity (Wildman–Crippen MR) is 116 cm³/mol. The van der Waals surface area contributed by atoms with Gasteiger partial charge in [-0.3, -0.25) is 14.4 Å². The molecule has 1 spiro atoms. The molecule has 8 nitrogen and oxygen atoms in total. The molecule has 2 bridgehead atoms. The van der Waals surface area contributed by atoms with Gasteiger partial charge in [-0.2, -0.15) is 0 Å². The van der Waals surface area contributed by atoms with Crippen LogP contribution in [-0.4, -0.2) is 82.3 Å². The van der Waals surface area contributed by atoms with Gasteiger partial charge in [-0.05, 0) is 39.5 Å². The third kappa shape index (κ3) is 3.46. The maximum atomic E-state index is 14.1. The van der Waals surface area contributed by atoms with Crippen molar-refractivity contribution in [2.24, 2.45) is 11.8 Å². The van der Waals surface area contributed by atoms with Gasteiger partial charge in [0.2, 0.25) is 11.8 Å². The van der Waals surface area contributed by atoms with Gasteiger partial charge in [0.05, 0.1) is 37.2 Å². The lowest BCUT2D eigenvalue weighted by molar-refractivity contribution is -0.156. The number of likely N-dealkylation sites (tertiary alicyclic amines) is 1. The summed E-state index contributed by atoms with van der Waals surface area (Å²) in [6.07, 6.45) is 7.65. The number of aliphatic hydroxyl groups excluding tert-OH is 1. The van der Waals surface area contributed by atoms with Crippen LogP contribution in [0.5, 0.6) is 0 Å². The van der Waals surface area contributed by atoms with Gasteiger partial charge in [-0.15, -0.1) is 6.58 Å². The van der Waals surface area contributed by atoms with Crippen molar-refractivity contribution in [2.75, 3.05) is 19.8 Å². The molecular formula is C24H36N2O6. The first kappa shape index (κ1) is 23.2. The first-order chi connectivity index (χ1) is 15.4. The van der Waals surface area contributed by atoms with Crippen molar-refractivity contribution in [1.82, 2.24) is 9.80 Å². The van der Waals surface area contributed by atoms with Gasteiger partial charge >= 0.3 is 5.97 Å². The van der Waals surface area contributed by atoms with E-state index in [1.165, 1.54) is 11.3 Å². The highest BCUT2D eigenvalue weighted by atomic mass is 16.6. The monoisotopic (exact) mass is 448 g/mol. The lowest BCUT2D eigenvalue weighted by Gasteiger charge is -2.41. The second-order valence-electron chi connectivity index (χ2n) is 9.66. The van der Waals surface area contributed by atoms with Crippen LogP contribution >= 0.6 is 0 Å². The number of aliphatic hydroxyl groups is 1. The van der Waals surface area contributed by atoms with Gasteiger partial charge in [-0.1, -0.05) is 25.3 Å². The van der Waals surface area contributed by atoms with Gasteiger partial charge < -0.3 is 24.4 Å². The molecule has 3 saturated heterocycles. The number of fused-ring (bicyclic) bond motifs is 1. The van der Waals surface area contributed by atoms with Crippen molar-refractivity contribution in [1.29, 1.82) is 0 Å². The molecule has 1 saturated carbocycles. The van der Waals surface area contributed by atoms with Crippen LogP contribution in [0, 0.1) is 11.8 Å². The summed E-state index contributed by atoms with van der Waals surface area (Å²) in [6, 6.07) is -1.31. The minimum atomic E-state index is -1.05. The smallest absolute Gasteiger partial charge is 0.312 e. The average Bonchev–Trinajstić information content (AvgIpc) is 3.44. The van der Waals surface area contributed by atoms with Crippen LogP contribution in [0.15, 0.2) is 12.7 Å². The van der Waals surface area contributed by atoms with Gasteiger partial charge in [0.1, 0.15) is 11.6 Å². The quantitative estimate of drug-likeness (QED) is 0.448. The Bertz CT molecular complexity index is 766. The highest BCUT2D eigenvalue weighted by Gasteiger charge is 2.75. The molecule has 0 aromatic rings. The highest BCUT2D eigenvalue weighted by molar-refractivity contribution is 5.98. The van der Waals surface area contributed by atoms with E-state index in [1.807, 2.05) is 4.90 Å². The number of hydrogen-bond acceptors (Lipinski definition) is 6. The van der Waals surface area contributed by atoms with E-state index in [0.717, 1.165) is 25.7 Å². The number of amides is 2. The molecule has 8 heteroatoms. The van der Waals surface area contributed by atoms with Crippen LogP contribution in [0.2, 0.25) is 0 Å². The van der Waals surface area contributed by atoms with Crippen molar-refractivity contribution in [3.8, 4) is 0 Å². The largest absolute Gasteiger partial charge is 0.466 e. The maximum Gasteiger partial charge on any atom is 0.312 e. The van der Waals surface area contributed by atoms with Crippen LogP contribution in [0.1, 0.15) is 58.8 Å². The van der Waals surface area contributed by atoms with Crippen LogP contribution in [0.25, 0.3) is 0 Å². The van der Waals surface area contributed by atoms with Crippen LogP contribution in [-0.2, 0) is 23.9 Å². The molecule has 2 unspecified atom stereocenters. The number of nitrogens with zero attached hydrogens (tertiary/aromatic N) is 2. The fraction of sp³-hybridized carbons (Fsp3) is 0.792. The van der Waals surface area contributed by atoms with Crippen molar-refractivity contribution < 1.29 is 29.0 Å². The molecule has 4 rings (SSSR count). The molecule has 0 radical (unpaired) electrons. The fourth-order valence-electron chi connectivity index (χ4n) is 6.55. The molecule has 0 aromatic carbocycles. The van der Waals surface area contributed by atoms with Crippen LogP contribution < -0.4 is 0 Å². The molecule has 178 valence electrons. The number of ether oxygens (including phenoxy) is 2. The van der Waals surface area contributed by atoms with E-state index in [1.54, 1.807) is 19.9 Å². The molecule has 6 atom stereocenters. The van der Waals surface area contributed by atoms with Gasteiger partial charge in [0.25, 0.3) is 0 Å². The summed E-state index contributed by atoms with van der Waals surface area (Å²) in [7, 11) is 0. The summed E-state index contributed by atoms with van der Waals surface area (Å²) in [6.45, 7) is 7.69. The molecule has 32 heavy (non-hydrogen) atoms. The Morgan fingerprint density at radius 3 is 2.69 bits per heavy atom. The third-order valence-electron chi connectivity index (χ3n) is 7.89. The second kappa shape index (κ2) is 9.14. The minimum Gasteiger partial charge on any atom is -0.466 e. The SMILES string of the molecule is C=CCN(C(=O)C1N([C@H](C)CO)C(=O)[C@@H]2[C@H](C(=O)OCC)[C@@H]3CCC12O3)C1CCCCC1. The summed E-state index contributed by atoms with van der Waals surface area (Å²) in [4.78, 5) is 44.0. The van der Waals surface area contributed by atoms with E-state index in [-0.39, 0.29) is 31.1 Å². The van der Waals surface area contributed by atoms with Crippen molar-refractivity contribution >= 4 is 17.8 Å².